The highest BCUT2D eigenvalue weighted by Gasteiger charge is 2.29. The predicted molar refractivity (Wildman–Crippen MR) is 82.3 cm³/mol. The summed E-state index contributed by atoms with van der Waals surface area (Å²) in [5, 5.41) is 28.0. The minimum Gasteiger partial charge on any atom is -0.489 e. The highest BCUT2D eigenvalue weighted by molar-refractivity contribution is 7.80. The molecule has 122 valence electrons. The second kappa shape index (κ2) is 7.47. The number of hydrogen-bond acceptors (Lipinski definition) is 8. The van der Waals surface area contributed by atoms with Gasteiger partial charge in [-0.05, 0) is 5.21 Å². The number of hydrogen-bond donors (Lipinski definition) is 3. The molecule has 1 aromatic heterocycles. The molecule has 0 unspecified atom stereocenters. The summed E-state index contributed by atoms with van der Waals surface area (Å²) in [6.07, 6.45) is 1.42. The number of aliphatic hydroxyl groups is 1. The quantitative estimate of drug-likeness (QED) is 0.278. The number of carbonyl (C=O) groups excluding carboxylic acids is 1. The summed E-state index contributed by atoms with van der Waals surface area (Å²) in [6.45, 7) is 2.48. The molecule has 2 heterocycles. The average Bonchev–Trinajstić information content (AvgIpc) is 3.03. The molecule has 1 amide bonds. The first-order chi connectivity index (χ1) is 11.1. The van der Waals surface area contributed by atoms with Gasteiger partial charge < -0.3 is 20.1 Å². The van der Waals surface area contributed by atoms with Gasteiger partial charge in [0.2, 0.25) is 5.39 Å². The zero-order valence-electron chi connectivity index (χ0n) is 12.3. The molecule has 0 spiro atoms. The molecule has 0 bridgehead atoms. The maximum Gasteiger partial charge on any atom is 0.508 e. The molecule has 11 nitrogen and oxygen atoms in total. The Labute approximate surface area is 136 Å². The van der Waals surface area contributed by atoms with Crippen LogP contribution in [0.3, 0.4) is 0 Å². The van der Waals surface area contributed by atoms with Crippen molar-refractivity contribution in [3.05, 3.63) is 28.4 Å². The standard InChI is InChI=1S/C11H14N8O3S/c1-13-9(20)8(14-12)10(21)16-19-6-7(15-17-19)11(23)18-2-4-22-5-3-18/h6H,2-5H2,1H3,(H2-,13,16,20,21)/p+1. The number of aromatic nitrogens is 3. The highest BCUT2D eigenvalue weighted by atomic mass is 32.1. The monoisotopic (exact) mass is 339 g/mol. The molecule has 1 fully saturated rings. The maximum absolute atomic E-state index is 11.9. The number of morpholine rings is 1. The van der Waals surface area contributed by atoms with Crippen molar-refractivity contribution >= 4 is 23.1 Å². The molecule has 0 radical (unpaired) electrons. The summed E-state index contributed by atoms with van der Waals surface area (Å²) in [5.74, 6) is -1.47. The molecular weight excluding hydrogens is 324 g/mol. The molecule has 3 N–H and O–H groups in total. The second-order valence-electron chi connectivity index (χ2n) is 4.44. The number of ether oxygens (including phenoxy) is 1. The van der Waals surface area contributed by atoms with E-state index >= 15 is 0 Å². The van der Waals surface area contributed by atoms with Crippen LogP contribution < -0.4 is 10.7 Å². The van der Waals surface area contributed by atoms with Gasteiger partial charge in [0.15, 0.2) is 4.98 Å². The lowest BCUT2D eigenvalue weighted by Crippen LogP contribution is -2.40. The number of carbonyl (C=O) groups is 1. The summed E-state index contributed by atoms with van der Waals surface area (Å²) in [4.78, 5) is 18.0. The molecule has 0 saturated carbocycles. The topological polar surface area (TPSA) is 133 Å². The highest BCUT2D eigenvalue weighted by Crippen LogP contribution is 2.06. The van der Waals surface area contributed by atoms with E-state index in [1.807, 2.05) is 4.90 Å². The van der Waals surface area contributed by atoms with Crippen molar-refractivity contribution in [2.75, 3.05) is 38.8 Å². The Hall–Kier alpha value is -2.78. The van der Waals surface area contributed by atoms with E-state index in [-0.39, 0.29) is 0 Å². The van der Waals surface area contributed by atoms with E-state index in [2.05, 4.69) is 26.0 Å². The SMILES string of the molecule is CNC(O)=C([N+]#N)C(=O)Nn1cc(C(=S)N2CCOCC2)nn1. The maximum atomic E-state index is 11.9. The van der Waals surface area contributed by atoms with E-state index in [1.54, 1.807) is 0 Å². The summed E-state index contributed by atoms with van der Waals surface area (Å²) in [7, 11) is 1.36. The zero-order valence-corrected chi connectivity index (χ0v) is 13.1. The van der Waals surface area contributed by atoms with Crippen molar-refractivity contribution in [3.63, 3.8) is 0 Å². The number of aliphatic hydroxyl groups excluding tert-OH is 1. The van der Waals surface area contributed by atoms with Crippen LogP contribution in [0.15, 0.2) is 17.8 Å². The second-order valence-corrected chi connectivity index (χ2v) is 4.83. The van der Waals surface area contributed by atoms with Gasteiger partial charge in [0, 0.05) is 20.1 Å². The van der Waals surface area contributed by atoms with Gasteiger partial charge in [-0.15, -0.1) is 5.10 Å². The first-order valence-corrected chi connectivity index (χ1v) is 7.04. The Morgan fingerprint density at radius 3 is 2.83 bits per heavy atom. The Kier molecular flexibility index (Phi) is 5.39. The van der Waals surface area contributed by atoms with E-state index in [0.717, 1.165) is 4.79 Å². The molecule has 0 aromatic carbocycles. The lowest BCUT2D eigenvalue weighted by molar-refractivity contribution is -0.113. The number of rotatable bonds is 4. The zero-order chi connectivity index (χ0) is 16.8. The smallest absolute Gasteiger partial charge is 0.489 e. The van der Waals surface area contributed by atoms with Crippen LogP contribution in [0.25, 0.3) is 4.98 Å². The van der Waals surface area contributed by atoms with Crippen LogP contribution in [0.5, 0.6) is 0 Å². The van der Waals surface area contributed by atoms with Gasteiger partial charge in [0.25, 0.3) is 5.88 Å². The van der Waals surface area contributed by atoms with Gasteiger partial charge in [0.05, 0.1) is 19.4 Å². The van der Waals surface area contributed by atoms with Gasteiger partial charge in [-0.25, -0.2) is 5.43 Å². The Bertz CT molecular complexity index is 673. The van der Waals surface area contributed by atoms with Crippen LogP contribution >= 0.6 is 12.2 Å². The molecule has 23 heavy (non-hydrogen) atoms. The Morgan fingerprint density at radius 2 is 2.22 bits per heavy atom. The first kappa shape index (κ1) is 16.6. The molecule has 2 rings (SSSR count). The van der Waals surface area contributed by atoms with Crippen LogP contribution in [0.2, 0.25) is 0 Å². The van der Waals surface area contributed by atoms with Crippen LogP contribution in [0.1, 0.15) is 5.69 Å². The van der Waals surface area contributed by atoms with E-state index in [1.165, 1.54) is 13.2 Å². The van der Waals surface area contributed by atoms with Crippen LogP contribution in [0, 0.1) is 5.39 Å². The van der Waals surface area contributed by atoms with Crippen LogP contribution in [-0.2, 0) is 9.53 Å². The number of diazo groups is 1. The van der Waals surface area contributed by atoms with Crippen LogP contribution in [0.4, 0.5) is 0 Å². The van der Waals surface area contributed by atoms with Crippen LogP contribution in [-0.4, -0.2) is 69.4 Å². The summed E-state index contributed by atoms with van der Waals surface area (Å²) >= 11 is 5.33. The van der Waals surface area contributed by atoms with Gasteiger partial charge in [-0.1, -0.05) is 12.2 Å². The average molecular weight is 339 g/mol. The van der Waals surface area contributed by atoms with Gasteiger partial charge in [-0.2, -0.15) is 4.79 Å². The van der Waals surface area contributed by atoms with Gasteiger partial charge in [-0.3, -0.25) is 4.79 Å². The molecule has 0 atom stereocenters. The largest absolute Gasteiger partial charge is 0.508 e. The van der Waals surface area contributed by atoms with E-state index < -0.39 is 17.5 Å². The molecule has 1 saturated heterocycles. The summed E-state index contributed by atoms with van der Waals surface area (Å²) in [5.41, 5.74) is 2.09. The van der Waals surface area contributed by atoms with Crippen molar-refractivity contribution in [2.45, 2.75) is 0 Å². The van der Waals surface area contributed by atoms with E-state index in [9.17, 15) is 9.90 Å². The molecule has 0 aliphatic carbocycles. The third-order valence-electron chi connectivity index (χ3n) is 3.00. The summed E-state index contributed by atoms with van der Waals surface area (Å²) in [6, 6.07) is 0. The number of nitrogens with one attached hydrogen (secondary N) is 2. The number of amides is 1. The fourth-order valence-electron chi connectivity index (χ4n) is 1.82. The van der Waals surface area contributed by atoms with E-state index in [0.29, 0.717) is 37.0 Å². The molecular formula is C11H15N8O3S+. The molecule has 1 aliphatic heterocycles. The van der Waals surface area contributed by atoms with Gasteiger partial charge in [0.1, 0.15) is 10.7 Å². The normalized spacial score (nSPS) is 15.4. The Morgan fingerprint density at radius 1 is 1.52 bits per heavy atom. The van der Waals surface area contributed by atoms with Crippen molar-refractivity contribution in [1.29, 1.82) is 5.39 Å². The third-order valence-corrected chi connectivity index (χ3v) is 3.47. The van der Waals surface area contributed by atoms with Crippen molar-refractivity contribution < 1.29 is 14.6 Å². The molecule has 1 aromatic rings. The van der Waals surface area contributed by atoms with Gasteiger partial charge >= 0.3 is 11.6 Å². The van der Waals surface area contributed by atoms with Crippen molar-refractivity contribution in [3.8, 4) is 0 Å². The van der Waals surface area contributed by atoms with E-state index in [4.69, 9.17) is 22.3 Å². The fourth-order valence-corrected chi connectivity index (χ4v) is 2.10. The lowest BCUT2D eigenvalue weighted by atomic mass is 10.3. The fraction of sp³-hybridized carbons (Fsp3) is 0.455. The van der Waals surface area contributed by atoms with Crippen molar-refractivity contribution in [1.82, 2.24) is 25.3 Å². The predicted octanol–water partition coefficient (Wildman–Crippen LogP) is -0.845. The molecule has 12 heteroatoms. The number of nitrogens with zero attached hydrogens (tertiary/aromatic N) is 6. The lowest BCUT2D eigenvalue weighted by Gasteiger charge is -2.27. The van der Waals surface area contributed by atoms with Crippen molar-refractivity contribution in [2.24, 2.45) is 0 Å². The minimum absolute atomic E-state index is 0.409. The third kappa shape index (κ3) is 3.90. The summed E-state index contributed by atoms with van der Waals surface area (Å²) < 4.78 is 5.25. The first-order valence-electron chi connectivity index (χ1n) is 6.63. The number of thiocarbonyl (C=S) groups is 1. The minimum atomic E-state index is -0.881. The molecule has 1 aliphatic rings. The Balaban J connectivity index is 2.06.